The average Bonchev–Trinajstić information content (AvgIpc) is 3.54. The van der Waals surface area contributed by atoms with Gasteiger partial charge in [0.2, 0.25) is 5.91 Å². The van der Waals surface area contributed by atoms with E-state index in [4.69, 9.17) is 4.98 Å². The summed E-state index contributed by atoms with van der Waals surface area (Å²) in [5.41, 5.74) is 2.91. The second-order valence-electron chi connectivity index (χ2n) is 9.57. The summed E-state index contributed by atoms with van der Waals surface area (Å²) in [5, 5.41) is 4.32. The van der Waals surface area contributed by atoms with Gasteiger partial charge < -0.3 is 9.47 Å². The van der Waals surface area contributed by atoms with E-state index in [1.54, 1.807) is 12.4 Å². The Bertz CT molecular complexity index is 1090. The number of hydrogen-bond donors (Lipinski definition) is 0. The summed E-state index contributed by atoms with van der Waals surface area (Å²) in [7, 11) is 1.94. The SMILES string of the molecule is CC(C)n1cnc(C2CN(Cc3cnn(C)c3)CC23CCN(Cc2ccncc2)C3=O)c1. The summed E-state index contributed by atoms with van der Waals surface area (Å²) < 4.78 is 3.97. The molecule has 0 saturated carbocycles. The zero-order valence-corrected chi connectivity index (χ0v) is 19.1. The fourth-order valence-corrected chi connectivity index (χ4v) is 5.32. The Balaban J connectivity index is 1.43. The molecule has 168 valence electrons. The molecule has 0 radical (unpaired) electrons. The standard InChI is InChI=1S/C24H31N7O/c1-18(2)31-15-22(26-17-31)21-14-29(12-20-10-27-28(3)11-20)16-24(21)6-9-30(23(24)32)13-19-4-7-25-8-5-19/h4-5,7-8,10-11,15,17-18,21H,6,9,12-14,16H2,1-3H3. The van der Waals surface area contributed by atoms with Gasteiger partial charge in [0.25, 0.3) is 0 Å². The maximum absolute atomic E-state index is 13.9. The molecule has 0 bridgehead atoms. The molecule has 8 nitrogen and oxygen atoms in total. The van der Waals surface area contributed by atoms with Crippen molar-refractivity contribution in [2.45, 2.75) is 45.3 Å². The lowest BCUT2D eigenvalue weighted by Gasteiger charge is -2.28. The van der Waals surface area contributed by atoms with Crippen LogP contribution in [0.4, 0.5) is 0 Å². The van der Waals surface area contributed by atoms with E-state index in [1.165, 1.54) is 5.56 Å². The first kappa shape index (κ1) is 20.9. The van der Waals surface area contributed by atoms with Crippen LogP contribution in [0.1, 0.15) is 49.0 Å². The molecule has 3 aromatic heterocycles. The average molecular weight is 434 g/mol. The molecule has 2 aliphatic heterocycles. The van der Waals surface area contributed by atoms with Crippen LogP contribution in [-0.2, 0) is 24.9 Å². The molecule has 8 heteroatoms. The highest BCUT2D eigenvalue weighted by molar-refractivity contribution is 5.86. The largest absolute Gasteiger partial charge is 0.338 e. The summed E-state index contributed by atoms with van der Waals surface area (Å²) in [6, 6.07) is 4.33. The van der Waals surface area contributed by atoms with Crippen molar-refractivity contribution in [3.05, 3.63) is 66.3 Å². The van der Waals surface area contributed by atoms with Gasteiger partial charge in [0.1, 0.15) is 0 Å². The Hall–Kier alpha value is -3.00. The summed E-state index contributed by atoms with van der Waals surface area (Å²) in [5.74, 6) is 0.348. The van der Waals surface area contributed by atoms with Crippen molar-refractivity contribution < 1.29 is 4.79 Å². The second-order valence-corrected chi connectivity index (χ2v) is 9.57. The van der Waals surface area contributed by atoms with Gasteiger partial charge in [0.05, 0.1) is 23.6 Å². The van der Waals surface area contributed by atoms with Crippen molar-refractivity contribution in [2.75, 3.05) is 19.6 Å². The highest BCUT2D eigenvalue weighted by Crippen LogP contribution is 2.50. The topological polar surface area (TPSA) is 72.1 Å². The predicted octanol–water partition coefficient (Wildman–Crippen LogP) is 2.61. The van der Waals surface area contributed by atoms with Gasteiger partial charge in [-0.1, -0.05) is 0 Å². The van der Waals surface area contributed by atoms with Crippen molar-refractivity contribution >= 4 is 5.91 Å². The molecule has 3 aromatic rings. The number of pyridine rings is 1. The molecule has 2 fully saturated rings. The van der Waals surface area contributed by atoms with Crippen molar-refractivity contribution in [2.24, 2.45) is 12.5 Å². The lowest BCUT2D eigenvalue weighted by atomic mass is 9.75. The minimum absolute atomic E-state index is 0.0918. The minimum atomic E-state index is -0.425. The molecular formula is C24H31N7O. The van der Waals surface area contributed by atoms with Crippen LogP contribution in [-0.4, -0.2) is 59.7 Å². The van der Waals surface area contributed by atoms with Crippen LogP contribution in [0.5, 0.6) is 0 Å². The van der Waals surface area contributed by atoms with Gasteiger partial charge >= 0.3 is 0 Å². The van der Waals surface area contributed by atoms with E-state index >= 15 is 0 Å². The van der Waals surface area contributed by atoms with Crippen LogP contribution in [0, 0.1) is 5.41 Å². The number of carbonyl (C=O) groups excluding carboxylic acids is 1. The molecule has 0 aliphatic carbocycles. The third-order valence-electron chi connectivity index (χ3n) is 7.02. The van der Waals surface area contributed by atoms with Crippen molar-refractivity contribution in [3.63, 3.8) is 0 Å². The van der Waals surface area contributed by atoms with Gasteiger partial charge in [0.15, 0.2) is 0 Å². The summed E-state index contributed by atoms with van der Waals surface area (Å²) in [4.78, 5) is 27.2. The van der Waals surface area contributed by atoms with Gasteiger partial charge in [-0.3, -0.25) is 19.4 Å². The number of likely N-dealkylation sites (tertiary alicyclic amines) is 2. The number of carbonyl (C=O) groups is 1. The quantitative estimate of drug-likeness (QED) is 0.598. The van der Waals surface area contributed by atoms with E-state index in [1.807, 2.05) is 41.3 Å². The highest BCUT2D eigenvalue weighted by Gasteiger charge is 2.57. The van der Waals surface area contributed by atoms with E-state index in [-0.39, 0.29) is 11.8 Å². The minimum Gasteiger partial charge on any atom is -0.338 e. The molecule has 2 unspecified atom stereocenters. The summed E-state index contributed by atoms with van der Waals surface area (Å²) >= 11 is 0. The Morgan fingerprint density at radius 2 is 1.97 bits per heavy atom. The van der Waals surface area contributed by atoms with Crippen LogP contribution >= 0.6 is 0 Å². The molecular weight excluding hydrogens is 402 g/mol. The van der Waals surface area contributed by atoms with Gasteiger partial charge in [0, 0.05) is 82.1 Å². The Labute approximate surface area is 188 Å². The lowest BCUT2D eigenvalue weighted by molar-refractivity contribution is -0.136. The van der Waals surface area contributed by atoms with Gasteiger partial charge in [-0.2, -0.15) is 5.10 Å². The fraction of sp³-hybridized carbons (Fsp3) is 0.500. The van der Waals surface area contributed by atoms with Gasteiger partial charge in [-0.15, -0.1) is 0 Å². The van der Waals surface area contributed by atoms with Crippen LogP contribution in [0.25, 0.3) is 0 Å². The van der Waals surface area contributed by atoms with Crippen LogP contribution in [0.3, 0.4) is 0 Å². The number of rotatable bonds is 6. The molecule has 5 rings (SSSR count). The highest BCUT2D eigenvalue weighted by atomic mass is 16.2. The number of nitrogens with zero attached hydrogens (tertiary/aromatic N) is 7. The normalized spacial score (nSPS) is 23.8. The van der Waals surface area contributed by atoms with E-state index in [0.717, 1.165) is 43.9 Å². The molecule has 1 amide bonds. The maximum atomic E-state index is 13.9. The first-order chi connectivity index (χ1) is 15.4. The number of aromatic nitrogens is 5. The Morgan fingerprint density at radius 1 is 1.16 bits per heavy atom. The molecule has 2 aliphatic rings. The van der Waals surface area contributed by atoms with E-state index < -0.39 is 5.41 Å². The Kier molecular flexibility index (Phi) is 5.33. The third kappa shape index (κ3) is 3.72. The van der Waals surface area contributed by atoms with Crippen molar-refractivity contribution in [3.8, 4) is 0 Å². The molecule has 0 aromatic carbocycles. The fourth-order valence-electron chi connectivity index (χ4n) is 5.32. The van der Waals surface area contributed by atoms with Crippen LogP contribution in [0.15, 0.2) is 49.4 Å². The molecule has 0 N–H and O–H groups in total. The number of imidazole rings is 1. The molecule has 5 heterocycles. The van der Waals surface area contributed by atoms with Crippen molar-refractivity contribution in [1.82, 2.24) is 34.1 Å². The Morgan fingerprint density at radius 3 is 2.66 bits per heavy atom. The first-order valence-corrected chi connectivity index (χ1v) is 11.4. The number of hydrogen-bond acceptors (Lipinski definition) is 5. The molecule has 32 heavy (non-hydrogen) atoms. The second kappa shape index (κ2) is 8.16. The molecule has 1 spiro atoms. The number of aryl methyl sites for hydroxylation is 1. The smallest absolute Gasteiger partial charge is 0.231 e. The van der Waals surface area contributed by atoms with Gasteiger partial charge in [-0.25, -0.2) is 4.98 Å². The monoisotopic (exact) mass is 433 g/mol. The summed E-state index contributed by atoms with van der Waals surface area (Å²) in [6.45, 7) is 8.12. The number of amides is 1. The van der Waals surface area contributed by atoms with Crippen LogP contribution in [0.2, 0.25) is 0 Å². The molecule has 2 atom stereocenters. The predicted molar refractivity (Wildman–Crippen MR) is 121 cm³/mol. The van der Waals surface area contributed by atoms with Gasteiger partial charge in [-0.05, 0) is 38.0 Å². The zero-order valence-electron chi connectivity index (χ0n) is 19.1. The van der Waals surface area contributed by atoms with E-state index in [9.17, 15) is 4.79 Å². The molecule has 2 saturated heterocycles. The van der Waals surface area contributed by atoms with Crippen LogP contribution < -0.4 is 0 Å². The first-order valence-electron chi connectivity index (χ1n) is 11.4. The third-order valence-corrected chi connectivity index (χ3v) is 7.02. The van der Waals surface area contributed by atoms with Crippen molar-refractivity contribution in [1.29, 1.82) is 0 Å². The summed E-state index contributed by atoms with van der Waals surface area (Å²) in [6.07, 6.45) is 12.5. The zero-order chi connectivity index (χ0) is 22.3. The maximum Gasteiger partial charge on any atom is 0.231 e. The lowest BCUT2D eigenvalue weighted by Crippen LogP contribution is -2.39. The van der Waals surface area contributed by atoms with E-state index in [0.29, 0.717) is 12.6 Å². The van der Waals surface area contributed by atoms with E-state index in [2.05, 4.69) is 45.8 Å².